The largest absolute Gasteiger partial charge is 0.408 e. The van der Waals surface area contributed by atoms with Crippen molar-refractivity contribution in [2.75, 3.05) is 0 Å². The summed E-state index contributed by atoms with van der Waals surface area (Å²) >= 11 is 0. The maximum atomic E-state index is 7.22. The molecular formula is C25H34OSi. The Labute approximate surface area is 166 Å². The van der Waals surface area contributed by atoms with Crippen LogP contribution >= 0.6 is 0 Å². The predicted octanol–water partition coefficient (Wildman–Crippen LogP) is 6.72. The van der Waals surface area contributed by atoms with E-state index in [9.17, 15) is 0 Å². The highest BCUT2D eigenvalue weighted by molar-refractivity contribution is 6.89. The Balaban J connectivity index is 1.72. The average Bonchev–Trinajstić information content (AvgIpc) is 2.77. The van der Waals surface area contributed by atoms with Gasteiger partial charge in [-0.25, -0.2) is 0 Å². The molecule has 0 N–H and O–H groups in total. The summed E-state index contributed by atoms with van der Waals surface area (Å²) in [5.41, 5.74) is 2.91. The molecule has 0 radical (unpaired) electrons. The molecule has 0 aromatic heterocycles. The van der Waals surface area contributed by atoms with Crippen LogP contribution in [0.2, 0.25) is 11.1 Å². The van der Waals surface area contributed by atoms with E-state index in [1.54, 1.807) is 5.19 Å². The molecule has 0 bridgehead atoms. The summed E-state index contributed by atoms with van der Waals surface area (Å²) in [6.07, 6.45) is 13.9. The summed E-state index contributed by atoms with van der Waals surface area (Å²) in [6.45, 7) is 0.787. The molecule has 2 saturated carbocycles. The summed E-state index contributed by atoms with van der Waals surface area (Å²) in [6, 6.07) is 22.3. The van der Waals surface area contributed by atoms with Gasteiger partial charge in [0.1, 0.15) is 0 Å². The van der Waals surface area contributed by atoms with E-state index in [-0.39, 0.29) is 0 Å². The van der Waals surface area contributed by atoms with Gasteiger partial charge in [-0.05, 0) is 21.8 Å². The second-order valence-electron chi connectivity index (χ2n) is 8.60. The molecule has 0 aliphatic heterocycles. The molecule has 27 heavy (non-hydrogen) atoms. The Morgan fingerprint density at radius 2 is 1.11 bits per heavy atom. The molecular weight excluding hydrogens is 344 g/mol. The molecule has 0 amide bonds. The van der Waals surface area contributed by atoms with Crippen LogP contribution in [0.3, 0.4) is 0 Å². The molecule has 0 unspecified atom stereocenters. The lowest BCUT2D eigenvalue weighted by Gasteiger charge is -2.47. The molecule has 2 aromatic carbocycles. The van der Waals surface area contributed by atoms with Crippen LogP contribution in [0.4, 0.5) is 0 Å². The first-order valence-electron chi connectivity index (χ1n) is 11.1. The van der Waals surface area contributed by atoms with Gasteiger partial charge in [-0.1, -0.05) is 125 Å². The van der Waals surface area contributed by atoms with Crippen molar-refractivity contribution in [3.05, 3.63) is 66.2 Å². The number of rotatable bonds is 6. The minimum Gasteiger partial charge on any atom is -0.408 e. The van der Waals surface area contributed by atoms with Crippen molar-refractivity contribution in [1.82, 2.24) is 0 Å². The molecule has 2 heteroatoms. The van der Waals surface area contributed by atoms with Crippen molar-refractivity contribution >= 4 is 13.5 Å². The minimum atomic E-state index is -2.05. The first-order valence-corrected chi connectivity index (χ1v) is 13.2. The molecule has 0 saturated heterocycles. The standard InChI is InChI=1S/C25H34OSi/c1-5-13-22(14-6-1)21-26-27(23-15-7-2-8-16-23,24-17-9-3-10-18-24)25-19-11-4-12-20-25/h1-2,5-8,13-16,24-25H,3-4,9-12,17-21H2. The van der Waals surface area contributed by atoms with Crippen LogP contribution in [-0.2, 0) is 11.0 Å². The van der Waals surface area contributed by atoms with Gasteiger partial charge < -0.3 is 4.43 Å². The van der Waals surface area contributed by atoms with E-state index in [1.807, 2.05) is 0 Å². The lowest BCUT2D eigenvalue weighted by molar-refractivity contribution is 0.257. The first kappa shape index (κ1) is 19.0. The smallest absolute Gasteiger partial charge is 0.230 e. The van der Waals surface area contributed by atoms with Gasteiger partial charge in [0.05, 0.1) is 6.61 Å². The van der Waals surface area contributed by atoms with Crippen LogP contribution < -0.4 is 5.19 Å². The maximum Gasteiger partial charge on any atom is 0.230 e. The maximum absolute atomic E-state index is 7.22. The highest BCUT2D eigenvalue weighted by atomic mass is 28.4. The molecule has 4 rings (SSSR count). The summed E-state index contributed by atoms with van der Waals surface area (Å²) in [5, 5.41) is 1.57. The van der Waals surface area contributed by atoms with Crippen molar-refractivity contribution < 1.29 is 4.43 Å². The summed E-state index contributed by atoms with van der Waals surface area (Å²) < 4.78 is 7.22. The van der Waals surface area contributed by atoms with Crippen molar-refractivity contribution in [3.8, 4) is 0 Å². The molecule has 144 valence electrons. The Hall–Kier alpha value is -1.38. The third-order valence-corrected chi connectivity index (χ3v) is 12.4. The second-order valence-corrected chi connectivity index (χ2v) is 12.7. The normalized spacial score (nSPS) is 19.9. The van der Waals surface area contributed by atoms with Gasteiger partial charge in [0.15, 0.2) is 0 Å². The molecule has 2 fully saturated rings. The van der Waals surface area contributed by atoms with Crippen LogP contribution in [0.25, 0.3) is 0 Å². The number of hydrogen-bond donors (Lipinski definition) is 0. The Morgan fingerprint density at radius 1 is 0.630 bits per heavy atom. The van der Waals surface area contributed by atoms with E-state index in [1.165, 1.54) is 69.8 Å². The lowest BCUT2D eigenvalue weighted by atomic mass is 9.99. The monoisotopic (exact) mass is 378 g/mol. The minimum absolute atomic E-state index is 0.787. The van der Waals surface area contributed by atoms with Gasteiger partial charge in [0, 0.05) is 0 Å². The van der Waals surface area contributed by atoms with E-state index in [4.69, 9.17) is 4.43 Å². The SMILES string of the molecule is c1ccc(CO[Si](c2ccccc2)(C2CCCCC2)C2CCCCC2)cc1. The van der Waals surface area contributed by atoms with E-state index in [0.717, 1.165) is 17.7 Å². The fourth-order valence-corrected chi connectivity index (χ4v) is 11.6. The topological polar surface area (TPSA) is 9.23 Å². The molecule has 2 aliphatic carbocycles. The van der Waals surface area contributed by atoms with Gasteiger partial charge in [-0.2, -0.15) is 0 Å². The zero-order valence-electron chi connectivity index (χ0n) is 16.6. The zero-order valence-corrected chi connectivity index (χ0v) is 17.6. The van der Waals surface area contributed by atoms with Crippen molar-refractivity contribution in [1.29, 1.82) is 0 Å². The van der Waals surface area contributed by atoms with Crippen LogP contribution in [0.5, 0.6) is 0 Å². The van der Waals surface area contributed by atoms with E-state index >= 15 is 0 Å². The summed E-state index contributed by atoms with van der Waals surface area (Å²) in [4.78, 5) is 0. The number of hydrogen-bond acceptors (Lipinski definition) is 1. The van der Waals surface area contributed by atoms with Crippen molar-refractivity contribution in [2.45, 2.75) is 81.9 Å². The first-order chi connectivity index (χ1) is 13.4. The van der Waals surface area contributed by atoms with Gasteiger partial charge >= 0.3 is 0 Å². The lowest BCUT2D eigenvalue weighted by Crippen LogP contribution is -2.59. The van der Waals surface area contributed by atoms with Gasteiger partial charge in [0.25, 0.3) is 0 Å². The van der Waals surface area contributed by atoms with E-state index in [0.29, 0.717) is 0 Å². The quantitative estimate of drug-likeness (QED) is 0.507. The van der Waals surface area contributed by atoms with Crippen LogP contribution in [0.15, 0.2) is 60.7 Å². The molecule has 2 aliphatic rings. The van der Waals surface area contributed by atoms with Gasteiger partial charge in [-0.15, -0.1) is 0 Å². The van der Waals surface area contributed by atoms with Gasteiger partial charge in [0.2, 0.25) is 8.32 Å². The van der Waals surface area contributed by atoms with Crippen LogP contribution in [-0.4, -0.2) is 8.32 Å². The summed E-state index contributed by atoms with van der Waals surface area (Å²) in [5.74, 6) is 0. The fraction of sp³-hybridized carbons (Fsp3) is 0.520. The molecule has 0 heterocycles. The average molecular weight is 379 g/mol. The Kier molecular flexibility index (Phi) is 6.46. The zero-order chi connectivity index (χ0) is 18.4. The third kappa shape index (κ3) is 4.22. The molecule has 0 spiro atoms. The second kappa shape index (κ2) is 9.21. The Morgan fingerprint density at radius 3 is 1.63 bits per heavy atom. The van der Waals surface area contributed by atoms with E-state index < -0.39 is 8.32 Å². The van der Waals surface area contributed by atoms with Gasteiger partial charge in [-0.3, -0.25) is 0 Å². The predicted molar refractivity (Wildman–Crippen MR) is 117 cm³/mol. The Bertz CT molecular complexity index is 654. The van der Waals surface area contributed by atoms with Crippen molar-refractivity contribution in [2.24, 2.45) is 0 Å². The number of benzene rings is 2. The van der Waals surface area contributed by atoms with Crippen LogP contribution in [0.1, 0.15) is 69.8 Å². The fourth-order valence-electron chi connectivity index (χ4n) is 5.66. The van der Waals surface area contributed by atoms with Crippen molar-refractivity contribution in [3.63, 3.8) is 0 Å². The van der Waals surface area contributed by atoms with Crippen LogP contribution in [0, 0.1) is 0 Å². The summed E-state index contributed by atoms with van der Waals surface area (Å²) in [7, 11) is -2.05. The highest BCUT2D eigenvalue weighted by Crippen LogP contribution is 2.48. The molecule has 0 atom stereocenters. The molecule has 1 nitrogen and oxygen atoms in total. The molecule has 2 aromatic rings. The highest BCUT2D eigenvalue weighted by Gasteiger charge is 2.51. The van der Waals surface area contributed by atoms with E-state index in [2.05, 4.69) is 60.7 Å². The third-order valence-electron chi connectivity index (χ3n) is 6.97.